The molecule has 2 saturated heterocycles. The number of hydrogen-bond acceptors (Lipinski definition) is 13. The van der Waals surface area contributed by atoms with Crippen molar-refractivity contribution >= 4 is 112 Å². The van der Waals surface area contributed by atoms with Crippen LogP contribution in [-0.4, -0.2) is 98.2 Å². The van der Waals surface area contributed by atoms with Gasteiger partial charge in [0.15, 0.2) is 0 Å². The Kier molecular flexibility index (Phi) is 9.56. The molecule has 2 fully saturated rings. The zero-order valence-electron chi connectivity index (χ0n) is 32.8. The number of carboxylic acids is 1. The molecule has 2 bridgehead atoms. The van der Waals surface area contributed by atoms with E-state index in [-0.39, 0.29) is 11.8 Å². The van der Waals surface area contributed by atoms with Crippen LogP contribution in [0.1, 0.15) is 40.1 Å². The predicted molar refractivity (Wildman–Crippen MR) is 237 cm³/mol. The third kappa shape index (κ3) is 6.82. The van der Waals surface area contributed by atoms with Crippen molar-refractivity contribution in [2.75, 3.05) is 30.8 Å². The minimum Gasteiger partial charge on any atom is -0.481 e. The van der Waals surface area contributed by atoms with E-state index in [1.165, 1.54) is 16.8 Å². The molecule has 0 unspecified atom stereocenters. The van der Waals surface area contributed by atoms with Crippen LogP contribution in [0, 0.1) is 11.8 Å². The van der Waals surface area contributed by atoms with Gasteiger partial charge in [-0.2, -0.15) is 10.2 Å². The Morgan fingerprint density at radius 1 is 0.754 bits per heavy atom. The monoisotopic (exact) mass is 892 g/mol. The molecule has 310 valence electrons. The summed E-state index contributed by atoms with van der Waals surface area (Å²) >= 11 is 16.2. The molecule has 3 N–H and O–H groups in total. The van der Waals surface area contributed by atoms with E-state index in [1.807, 2.05) is 24.3 Å². The molecule has 0 radical (unpaired) electrons. The van der Waals surface area contributed by atoms with Gasteiger partial charge in [-0.15, -0.1) is 22.7 Å². The van der Waals surface area contributed by atoms with Crippen molar-refractivity contribution in [3.05, 3.63) is 92.6 Å². The van der Waals surface area contributed by atoms with Crippen LogP contribution in [0.5, 0.6) is 0 Å². The highest BCUT2D eigenvalue weighted by Crippen LogP contribution is 2.43. The molecular weight excluding hydrogens is 856 g/mol. The Labute approximate surface area is 366 Å². The first-order valence-corrected chi connectivity index (χ1v) is 22.6. The van der Waals surface area contributed by atoms with Crippen molar-refractivity contribution in [3.8, 4) is 0 Å². The molecule has 0 aromatic carbocycles. The quantitative estimate of drug-likeness (QED) is 0.149. The van der Waals surface area contributed by atoms with Gasteiger partial charge in [-0.3, -0.25) is 14.5 Å². The molecule has 2 aliphatic heterocycles. The third-order valence-electron chi connectivity index (χ3n) is 12.7. The van der Waals surface area contributed by atoms with Gasteiger partial charge in [0.2, 0.25) is 5.91 Å². The number of thiophene rings is 2. The second-order valence-electron chi connectivity index (χ2n) is 16.2. The molecule has 1 amide bonds. The van der Waals surface area contributed by atoms with E-state index >= 15 is 0 Å². The molecule has 61 heavy (non-hydrogen) atoms. The van der Waals surface area contributed by atoms with E-state index in [4.69, 9.17) is 23.2 Å². The number of halogens is 2. The van der Waals surface area contributed by atoms with Gasteiger partial charge < -0.3 is 20.6 Å². The highest BCUT2D eigenvalue weighted by molar-refractivity contribution is 7.19. The maximum absolute atomic E-state index is 13.4. The van der Waals surface area contributed by atoms with Gasteiger partial charge in [0.1, 0.15) is 34.0 Å². The Morgan fingerprint density at radius 2 is 1.30 bits per heavy atom. The summed E-state index contributed by atoms with van der Waals surface area (Å²) in [6.45, 7) is 1.90. The Morgan fingerprint density at radius 3 is 1.80 bits per heavy atom. The molecule has 4 aliphatic rings. The topological polar surface area (TPSA) is 171 Å². The van der Waals surface area contributed by atoms with Crippen LogP contribution in [-0.2, 0) is 35.3 Å². The number of carbonyl (C=O) groups excluding carboxylic acids is 1. The highest BCUT2D eigenvalue weighted by Gasteiger charge is 2.45. The number of nitrogens with one attached hydrogen (secondary N) is 2. The predicted octanol–water partition coefficient (Wildman–Crippen LogP) is 7.68. The summed E-state index contributed by atoms with van der Waals surface area (Å²) in [5, 5.41) is 27.6. The minimum atomic E-state index is -0.733. The minimum absolute atomic E-state index is 0.0632. The average Bonchev–Trinajstić information content (AvgIpc) is 4.12. The number of aryl methyl sites for hydroxylation is 2. The Hall–Kier alpha value is -5.46. The number of rotatable bonds is 6. The molecule has 19 heteroatoms. The van der Waals surface area contributed by atoms with Crippen molar-refractivity contribution in [1.82, 2.24) is 49.0 Å². The molecule has 0 saturated carbocycles. The number of likely N-dealkylation sites (N-methyl/N-ethyl adjacent to an activating group) is 1. The van der Waals surface area contributed by atoms with Gasteiger partial charge in [-0.05, 0) is 87.4 Å². The van der Waals surface area contributed by atoms with Crippen LogP contribution in [0.2, 0.25) is 10.0 Å². The maximum atomic E-state index is 13.4. The Balaban J connectivity index is 0.000000142. The number of aromatic nitrogens is 8. The van der Waals surface area contributed by atoms with Crippen molar-refractivity contribution in [2.45, 2.75) is 57.0 Å². The van der Waals surface area contributed by atoms with Crippen molar-refractivity contribution in [2.24, 2.45) is 11.8 Å². The van der Waals surface area contributed by atoms with Crippen molar-refractivity contribution < 1.29 is 14.7 Å². The highest BCUT2D eigenvalue weighted by atomic mass is 35.5. The lowest BCUT2D eigenvalue weighted by atomic mass is 9.86. The summed E-state index contributed by atoms with van der Waals surface area (Å²) in [6, 6.07) is 8.65. The fraction of sp³-hybridized carbons (Fsp3) is 0.333. The molecule has 2 aliphatic carbocycles. The second kappa shape index (κ2) is 15.2. The van der Waals surface area contributed by atoms with Crippen LogP contribution < -0.4 is 10.6 Å². The first-order chi connectivity index (χ1) is 29.6. The van der Waals surface area contributed by atoms with E-state index in [9.17, 15) is 14.7 Å². The van der Waals surface area contributed by atoms with E-state index in [2.05, 4.69) is 57.6 Å². The van der Waals surface area contributed by atoms with E-state index in [0.717, 1.165) is 97.9 Å². The number of anilines is 4. The van der Waals surface area contributed by atoms with Gasteiger partial charge in [0.05, 0.1) is 49.1 Å². The number of nitrogens with zero attached hydrogens (tertiary/aromatic N) is 10. The van der Waals surface area contributed by atoms with E-state index in [1.54, 1.807) is 62.8 Å². The van der Waals surface area contributed by atoms with Crippen LogP contribution >= 0.6 is 45.9 Å². The van der Waals surface area contributed by atoms with Crippen LogP contribution in [0.25, 0.3) is 31.5 Å². The van der Waals surface area contributed by atoms with E-state index < -0.39 is 5.97 Å². The molecule has 4 atom stereocenters. The molecule has 10 heterocycles. The second-order valence-corrected chi connectivity index (χ2v) is 19.2. The SMILES string of the molecule is CN1C[C@@H]2C[C@H]1CN2C(=O)[C@H]1CCc2c(sc3ncnc(Nc4cc5ccnn5cc4Cl)c23)C1.O=C(O)[C@H]1CCc2c(sc3ncnc(Nc4cc5ccnn5cc4Cl)c23)C1. The lowest BCUT2D eigenvalue weighted by Crippen LogP contribution is -2.49. The zero-order chi connectivity index (χ0) is 41.5. The lowest BCUT2D eigenvalue weighted by molar-refractivity contribution is -0.142. The van der Waals surface area contributed by atoms with Gasteiger partial charge in [-0.1, -0.05) is 23.2 Å². The first kappa shape index (κ1) is 38.5. The first-order valence-electron chi connectivity index (χ1n) is 20.2. The smallest absolute Gasteiger partial charge is 0.306 e. The lowest BCUT2D eigenvalue weighted by Gasteiger charge is -2.35. The largest absolute Gasteiger partial charge is 0.481 e. The third-order valence-corrected chi connectivity index (χ3v) is 15.6. The summed E-state index contributed by atoms with van der Waals surface area (Å²) in [5.41, 5.74) is 5.82. The summed E-state index contributed by atoms with van der Waals surface area (Å²) in [6.07, 6.45) is 15.7. The molecule has 8 aromatic heterocycles. The molecule has 12 rings (SSSR count). The zero-order valence-corrected chi connectivity index (χ0v) is 35.9. The summed E-state index contributed by atoms with van der Waals surface area (Å²) in [7, 11) is 2.17. The van der Waals surface area contributed by atoms with Crippen LogP contribution in [0.15, 0.2) is 61.7 Å². The molecule has 15 nitrogen and oxygen atoms in total. The van der Waals surface area contributed by atoms with Gasteiger partial charge in [-0.25, -0.2) is 29.0 Å². The fourth-order valence-electron chi connectivity index (χ4n) is 9.53. The standard InChI is InChI=1S/C24H24ClN7OS.C18H14ClN5O2S/c1-30-9-16-7-15(30)10-31(16)24(33)13-2-3-17-20(6-13)34-23-21(17)22(26-12-27-23)29-19-8-14-4-5-28-32(14)11-18(19)25;19-12-7-24-10(3-4-22-24)6-13(12)23-16-15-11-2-1-9(18(25)26)5-14(11)27-17(15)21-8-20-16/h4-5,8,11-13,15-16H,2-3,6-7,9-10H2,1H3,(H,26,27,29);3-4,6-9H,1-2,5H2,(H,25,26)(H,20,21,23)/t13-,15-,16-;9-/m00/s1. The number of pyridine rings is 2. The van der Waals surface area contributed by atoms with E-state index in [0.29, 0.717) is 53.1 Å². The van der Waals surface area contributed by atoms with Crippen molar-refractivity contribution in [3.63, 3.8) is 0 Å². The number of carbonyl (C=O) groups is 2. The summed E-state index contributed by atoms with van der Waals surface area (Å²) in [4.78, 5) is 51.4. The van der Waals surface area contributed by atoms with Crippen LogP contribution in [0.4, 0.5) is 23.0 Å². The summed E-state index contributed by atoms with van der Waals surface area (Å²) in [5.74, 6) is 0.800. The number of piperazine rings is 1. The molecule has 8 aromatic rings. The average molecular weight is 894 g/mol. The maximum Gasteiger partial charge on any atom is 0.306 e. The normalized spacial score (nSPS) is 20.9. The number of aliphatic carboxylic acids is 1. The molecule has 0 spiro atoms. The van der Waals surface area contributed by atoms with Crippen molar-refractivity contribution in [1.29, 1.82) is 0 Å². The number of fused-ring (bicyclic) bond motifs is 10. The summed E-state index contributed by atoms with van der Waals surface area (Å²) < 4.78 is 3.46. The number of likely N-dealkylation sites (tertiary alicyclic amines) is 2. The number of hydrogen-bond donors (Lipinski definition) is 3. The fourth-order valence-corrected chi connectivity index (χ4v) is 12.5. The Bertz CT molecular complexity index is 3050. The van der Waals surface area contributed by atoms with Gasteiger partial charge >= 0.3 is 5.97 Å². The van der Waals surface area contributed by atoms with Gasteiger partial charge in [0, 0.05) is 65.6 Å². The number of carboxylic acid groups (broad SMARTS) is 1. The van der Waals surface area contributed by atoms with Gasteiger partial charge in [0.25, 0.3) is 0 Å². The number of amides is 1. The molecular formula is C42H38Cl2N12O3S2. The van der Waals surface area contributed by atoms with Crippen LogP contribution in [0.3, 0.4) is 0 Å².